The van der Waals surface area contributed by atoms with Crippen LogP contribution in [0, 0.1) is 23.7 Å². The molecule has 0 radical (unpaired) electrons. The number of hydrogen-bond acceptors (Lipinski definition) is 6. The summed E-state index contributed by atoms with van der Waals surface area (Å²) in [6.07, 6.45) is 4.08. The molecule has 1 saturated heterocycles. The summed E-state index contributed by atoms with van der Waals surface area (Å²) in [5.74, 6) is -3.87. The highest BCUT2D eigenvalue weighted by molar-refractivity contribution is 6.31. The molecule has 2 fully saturated rings. The quantitative estimate of drug-likeness (QED) is 0.360. The van der Waals surface area contributed by atoms with Crippen LogP contribution in [-0.4, -0.2) is 35.6 Å². The number of ketones is 2. The average Bonchev–Trinajstić information content (AvgIpc) is 3.31. The van der Waals surface area contributed by atoms with Crippen LogP contribution in [0.1, 0.15) is 35.4 Å². The van der Waals surface area contributed by atoms with Gasteiger partial charge in [-0.25, -0.2) is 0 Å². The molecule has 1 heterocycles. The third-order valence-electron chi connectivity index (χ3n) is 9.75. The lowest BCUT2D eigenvalue weighted by molar-refractivity contribution is -0.135. The summed E-state index contributed by atoms with van der Waals surface area (Å²) in [5.41, 5.74) is 1.87. The Labute approximate surface area is 242 Å². The third-order valence-corrected chi connectivity index (χ3v) is 9.75. The van der Waals surface area contributed by atoms with Gasteiger partial charge in [-0.15, -0.1) is 0 Å². The van der Waals surface area contributed by atoms with Gasteiger partial charge in [0.25, 0.3) is 0 Å². The van der Waals surface area contributed by atoms with Crippen molar-refractivity contribution in [3.63, 3.8) is 0 Å². The summed E-state index contributed by atoms with van der Waals surface area (Å²) in [7, 11) is 1.46. The number of amides is 2. The Kier molecular flexibility index (Phi) is 6.01. The monoisotopic (exact) mass is 559 g/mol. The highest BCUT2D eigenvalue weighted by Gasteiger charge is 2.65. The van der Waals surface area contributed by atoms with Crippen molar-refractivity contribution in [1.82, 2.24) is 5.32 Å². The molecule has 4 aliphatic rings. The molecule has 7 nitrogen and oxygen atoms in total. The topological polar surface area (TPSA) is 110 Å². The first-order valence-corrected chi connectivity index (χ1v) is 14.2. The van der Waals surface area contributed by atoms with Crippen molar-refractivity contribution in [1.29, 1.82) is 0 Å². The molecule has 7 rings (SSSR count). The van der Waals surface area contributed by atoms with E-state index in [0.717, 1.165) is 5.57 Å². The second-order valence-corrected chi connectivity index (χ2v) is 11.6. The largest absolute Gasteiger partial charge is 0.504 e. The molecule has 210 valence electrons. The van der Waals surface area contributed by atoms with Crippen molar-refractivity contribution in [2.75, 3.05) is 7.11 Å². The standard InChI is InChI=1S/C35H29NO6/c1-42-28-15-12-20(16-27(28)37)31-22-13-14-23-30(34(41)36-33(23)40)25(22)17-26-32(39)24(19-8-4-2-5-9-19)18-29(38)35(26,31)21-10-6-3-7-11-21/h2-13,15-16,18,23,25-26,30-31,37H,14,17H2,1H3,(H,36,40,41). The van der Waals surface area contributed by atoms with Gasteiger partial charge in [0.2, 0.25) is 11.8 Å². The summed E-state index contributed by atoms with van der Waals surface area (Å²) in [6, 6.07) is 23.6. The first kappa shape index (κ1) is 26.1. The molecule has 6 atom stereocenters. The molecule has 7 heteroatoms. The zero-order valence-corrected chi connectivity index (χ0v) is 22.9. The maximum atomic E-state index is 14.8. The molecule has 1 aliphatic heterocycles. The molecule has 1 saturated carbocycles. The van der Waals surface area contributed by atoms with E-state index < -0.39 is 35.0 Å². The summed E-state index contributed by atoms with van der Waals surface area (Å²) in [6.45, 7) is 0. The fourth-order valence-corrected chi connectivity index (χ4v) is 8.05. The van der Waals surface area contributed by atoms with Gasteiger partial charge >= 0.3 is 0 Å². The number of methoxy groups -OCH3 is 1. The lowest BCUT2D eigenvalue weighted by Gasteiger charge is -2.55. The third kappa shape index (κ3) is 3.59. The van der Waals surface area contributed by atoms with Gasteiger partial charge in [-0.2, -0.15) is 0 Å². The maximum Gasteiger partial charge on any atom is 0.231 e. The van der Waals surface area contributed by atoms with Gasteiger partial charge in [0, 0.05) is 17.4 Å². The van der Waals surface area contributed by atoms with Crippen molar-refractivity contribution < 1.29 is 29.0 Å². The number of ether oxygens (including phenoxy) is 1. The molecule has 0 spiro atoms. The Bertz CT molecular complexity index is 1710. The van der Waals surface area contributed by atoms with E-state index in [4.69, 9.17) is 4.74 Å². The average molecular weight is 560 g/mol. The number of rotatable bonds is 4. The molecule has 2 N–H and O–H groups in total. The van der Waals surface area contributed by atoms with Gasteiger partial charge in [0.1, 0.15) is 0 Å². The van der Waals surface area contributed by atoms with Crippen molar-refractivity contribution in [2.24, 2.45) is 23.7 Å². The van der Waals surface area contributed by atoms with Gasteiger partial charge in [0.05, 0.1) is 24.4 Å². The molecule has 6 unspecified atom stereocenters. The van der Waals surface area contributed by atoms with Crippen LogP contribution in [0.15, 0.2) is 96.6 Å². The number of allylic oxidation sites excluding steroid dienone is 4. The Balaban J connectivity index is 1.53. The molecule has 0 aromatic heterocycles. The molecule has 3 aromatic carbocycles. The highest BCUT2D eigenvalue weighted by atomic mass is 16.5. The first-order valence-electron chi connectivity index (χ1n) is 14.2. The number of carbonyl (C=O) groups is 4. The molecule has 42 heavy (non-hydrogen) atoms. The van der Waals surface area contributed by atoms with Crippen LogP contribution >= 0.6 is 0 Å². The van der Waals surface area contributed by atoms with E-state index in [-0.39, 0.29) is 41.3 Å². The Morgan fingerprint density at radius 1 is 0.881 bits per heavy atom. The van der Waals surface area contributed by atoms with Crippen LogP contribution < -0.4 is 10.1 Å². The summed E-state index contributed by atoms with van der Waals surface area (Å²) in [5, 5.41) is 13.4. The summed E-state index contributed by atoms with van der Waals surface area (Å²) in [4.78, 5) is 55.4. The lowest BCUT2D eigenvalue weighted by Crippen LogP contribution is -2.58. The van der Waals surface area contributed by atoms with Crippen LogP contribution in [-0.2, 0) is 24.6 Å². The predicted molar refractivity (Wildman–Crippen MR) is 154 cm³/mol. The van der Waals surface area contributed by atoms with Crippen molar-refractivity contribution in [3.05, 3.63) is 113 Å². The Morgan fingerprint density at radius 3 is 2.29 bits per heavy atom. The van der Waals surface area contributed by atoms with Crippen LogP contribution in [0.3, 0.4) is 0 Å². The zero-order chi connectivity index (χ0) is 29.2. The number of benzene rings is 3. The molecule has 2 amide bonds. The van der Waals surface area contributed by atoms with Crippen molar-refractivity contribution >= 4 is 29.0 Å². The van der Waals surface area contributed by atoms with E-state index in [1.165, 1.54) is 13.2 Å². The Morgan fingerprint density at radius 2 is 1.60 bits per heavy atom. The number of Topliss-reactive ketones (excluding diaryl/α,β-unsaturated/α-hetero) is 1. The van der Waals surface area contributed by atoms with Crippen LogP contribution in [0.2, 0.25) is 0 Å². The molecule has 3 aromatic rings. The van der Waals surface area contributed by atoms with Gasteiger partial charge in [-0.1, -0.05) is 78.4 Å². The second kappa shape index (κ2) is 9.65. The van der Waals surface area contributed by atoms with Gasteiger partial charge < -0.3 is 9.84 Å². The zero-order valence-electron chi connectivity index (χ0n) is 22.9. The smallest absolute Gasteiger partial charge is 0.231 e. The summed E-state index contributed by atoms with van der Waals surface area (Å²) >= 11 is 0. The predicted octanol–water partition coefficient (Wildman–Crippen LogP) is 4.51. The van der Waals surface area contributed by atoms with Gasteiger partial charge in [-0.05, 0) is 53.7 Å². The molecule has 3 aliphatic carbocycles. The number of phenolic OH excluding ortho intramolecular Hbond substituents is 1. The van der Waals surface area contributed by atoms with E-state index in [9.17, 15) is 24.3 Å². The molecule has 0 bridgehead atoms. The first-order chi connectivity index (χ1) is 20.4. The normalized spacial score (nSPS) is 30.0. The van der Waals surface area contributed by atoms with E-state index in [2.05, 4.69) is 5.32 Å². The van der Waals surface area contributed by atoms with Gasteiger partial charge in [-0.3, -0.25) is 24.5 Å². The Hall–Kier alpha value is -4.78. The number of hydrogen-bond donors (Lipinski definition) is 2. The molecular weight excluding hydrogens is 530 g/mol. The van der Waals surface area contributed by atoms with Crippen LogP contribution in [0.5, 0.6) is 11.5 Å². The van der Waals surface area contributed by atoms with Crippen molar-refractivity contribution in [2.45, 2.75) is 24.2 Å². The number of phenols is 1. The fraction of sp³-hybridized carbons (Fsp3) is 0.257. The minimum absolute atomic E-state index is 0.0879. The summed E-state index contributed by atoms with van der Waals surface area (Å²) < 4.78 is 5.31. The number of nitrogens with one attached hydrogen (secondary N) is 1. The number of imide groups is 1. The van der Waals surface area contributed by atoms with Gasteiger partial charge in [0.15, 0.2) is 23.1 Å². The van der Waals surface area contributed by atoms with Crippen LogP contribution in [0.4, 0.5) is 0 Å². The molecular formula is C35H29NO6. The lowest BCUT2D eigenvalue weighted by atomic mass is 9.44. The maximum absolute atomic E-state index is 14.8. The van der Waals surface area contributed by atoms with Crippen molar-refractivity contribution in [3.8, 4) is 11.5 Å². The van der Waals surface area contributed by atoms with E-state index in [0.29, 0.717) is 28.7 Å². The number of carbonyl (C=O) groups excluding carboxylic acids is 4. The second-order valence-electron chi connectivity index (χ2n) is 11.6. The van der Waals surface area contributed by atoms with Crippen LogP contribution in [0.25, 0.3) is 5.57 Å². The highest BCUT2D eigenvalue weighted by Crippen LogP contribution is 2.63. The minimum atomic E-state index is -1.33. The SMILES string of the molecule is COc1ccc(C2C3=CCC4C(=O)NC(=O)C4C3CC3C(=O)C(c4ccccc4)=CC(=O)C32c2ccccc2)cc1O. The number of aromatic hydroxyl groups is 1. The fourth-order valence-electron chi connectivity index (χ4n) is 8.05. The van der Waals surface area contributed by atoms with E-state index in [1.54, 1.807) is 12.1 Å². The number of fused-ring (bicyclic) bond motifs is 4. The minimum Gasteiger partial charge on any atom is -0.504 e. The van der Waals surface area contributed by atoms with E-state index >= 15 is 0 Å². The van der Waals surface area contributed by atoms with E-state index in [1.807, 2.05) is 72.8 Å².